The summed E-state index contributed by atoms with van der Waals surface area (Å²) in [5.41, 5.74) is 4.68. The third-order valence-electron chi connectivity index (χ3n) is 4.77. The SMILES string of the molecule is CCN(CC)CCOC(=O)c1ccc(NC(=S)Nc2cccc(C)c2C)cc1. The molecule has 2 rings (SSSR count). The molecule has 0 bridgehead atoms. The minimum absolute atomic E-state index is 0.310. The summed E-state index contributed by atoms with van der Waals surface area (Å²) >= 11 is 5.39. The number of nitrogens with zero attached hydrogens (tertiary/aromatic N) is 1. The van der Waals surface area contributed by atoms with E-state index in [9.17, 15) is 4.79 Å². The van der Waals surface area contributed by atoms with Crippen LogP contribution in [0.25, 0.3) is 0 Å². The fraction of sp³-hybridized carbons (Fsp3) is 0.364. The van der Waals surface area contributed by atoms with Crippen LogP contribution in [0.2, 0.25) is 0 Å². The van der Waals surface area contributed by atoms with Crippen molar-refractivity contribution in [2.75, 3.05) is 36.9 Å². The van der Waals surface area contributed by atoms with E-state index in [2.05, 4.69) is 49.3 Å². The Bertz CT molecular complexity index is 802. The molecule has 0 unspecified atom stereocenters. The molecular formula is C22H29N3O2S. The molecule has 2 aromatic carbocycles. The number of esters is 1. The monoisotopic (exact) mass is 399 g/mol. The highest BCUT2D eigenvalue weighted by Crippen LogP contribution is 2.18. The number of carbonyl (C=O) groups excluding carboxylic acids is 1. The third kappa shape index (κ3) is 6.32. The van der Waals surface area contributed by atoms with Gasteiger partial charge in [0.05, 0.1) is 5.56 Å². The van der Waals surface area contributed by atoms with E-state index < -0.39 is 0 Å². The average molecular weight is 400 g/mol. The maximum absolute atomic E-state index is 12.1. The number of hydrogen-bond donors (Lipinski definition) is 2. The molecule has 0 amide bonds. The molecule has 0 radical (unpaired) electrons. The van der Waals surface area contributed by atoms with E-state index in [1.54, 1.807) is 12.1 Å². The fourth-order valence-electron chi connectivity index (χ4n) is 2.75. The van der Waals surface area contributed by atoms with Crippen molar-refractivity contribution >= 4 is 34.7 Å². The fourth-order valence-corrected chi connectivity index (χ4v) is 2.98. The molecule has 0 saturated heterocycles. The van der Waals surface area contributed by atoms with Gasteiger partial charge in [0.15, 0.2) is 5.11 Å². The van der Waals surface area contributed by atoms with Crippen molar-refractivity contribution in [3.63, 3.8) is 0 Å². The van der Waals surface area contributed by atoms with Crippen LogP contribution >= 0.6 is 12.2 Å². The lowest BCUT2D eigenvalue weighted by molar-refractivity contribution is 0.0466. The Labute approximate surface area is 173 Å². The molecule has 2 N–H and O–H groups in total. The normalized spacial score (nSPS) is 10.6. The number of likely N-dealkylation sites (N-methyl/N-ethyl adjacent to an activating group) is 1. The predicted molar refractivity (Wildman–Crippen MR) is 120 cm³/mol. The van der Waals surface area contributed by atoms with Crippen LogP contribution in [-0.4, -0.2) is 42.2 Å². The van der Waals surface area contributed by atoms with Crippen LogP contribution in [0.3, 0.4) is 0 Å². The zero-order chi connectivity index (χ0) is 20.5. The summed E-state index contributed by atoms with van der Waals surface area (Å²) in [5.74, 6) is -0.310. The van der Waals surface area contributed by atoms with Gasteiger partial charge in [-0.25, -0.2) is 4.79 Å². The molecule has 28 heavy (non-hydrogen) atoms. The van der Waals surface area contributed by atoms with Crippen molar-refractivity contribution in [1.82, 2.24) is 4.90 Å². The van der Waals surface area contributed by atoms with Gasteiger partial charge < -0.3 is 20.3 Å². The lowest BCUT2D eigenvalue weighted by Gasteiger charge is -2.17. The summed E-state index contributed by atoms with van der Waals surface area (Å²) in [6.07, 6.45) is 0. The summed E-state index contributed by atoms with van der Waals surface area (Å²) in [7, 11) is 0. The molecule has 0 atom stereocenters. The molecule has 5 nitrogen and oxygen atoms in total. The standard InChI is InChI=1S/C22H29N3O2S/c1-5-25(6-2)14-15-27-21(26)18-10-12-19(13-11-18)23-22(28)24-20-9-7-8-16(3)17(20)4/h7-13H,5-6,14-15H2,1-4H3,(H2,23,24,28). The van der Waals surface area contributed by atoms with E-state index in [0.29, 0.717) is 17.3 Å². The molecule has 0 fully saturated rings. The smallest absolute Gasteiger partial charge is 0.338 e. The summed E-state index contributed by atoms with van der Waals surface area (Å²) in [4.78, 5) is 14.4. The summed E-state index contributed by atoms with van der Waals surface area (Å²) in [6, 6.07) is 13.2. The Balaban J connectivity index is 1.87. The molecule has 0 aliphatic heterocycles. The van der Waals surface area contributed by atoms with Crippen molar-refractivity contribution in [2.24, 2.45) is 0 Å². The van der Waals surface area contributed by atoms with E-state index in [0.717, 1.165) is 36.6 Å². The van der Waals surface area contributed by atoms with Crippen molar-refractivity contribution < 1.29 is 9.53 Å². The van der Waals surface area contributed by atoms with Crippen LogP contribution in [0.5, 0.6) is 0 Å². The van der Waals surface area contributed by atoms with E-state index >= 15 is 0 Å². The van der Waals surface area contributed by atoms with Gasteiger partial charge in [0.1, 0.15) is 6.61 Å². The zero-order valence-electron chi connectivity index (χ0n) is 17.0. The van der Waals surface area contributed by atoms with Crippen molar-refractivity contribution in [2.45, 2.75) is 27.7 Å². The molecule has 0 spiro atoms. The summed E-state index contributed by atoms with van der Waals surface area (Å²) in [6.45, 7) is 11.3. The number of thiocarbonyl (C=S) groups is 1. The van der Waals surface area contributed by atoms with Crippen molar-refractivity contribution in [3.8, 4) is 0 Å². The lowest BCUT2D eigenvalue weighted by Crippen LogP contribution is -2.27. The Morgan fingerprint density at radius 3 is 2.36 bits per heavy atom. The number of aryl methyl sites for hydroxylation is 1. The molecule has 2 aromatic rings. The molecule has 150 valence electrons. The van der Waals surface area contributed by atoms with Gasteiger partial charge in [0.25, 0.3) is 0 Å². The van der Waals surface area contributed by atoms with Crippen LogP contribution in [0.15, 0.2) is 42.5 Å². The largest absolute Gasteiger partial charge is 0.461 e. The maximum atomic E-state index is 12.1. The number of ether oxygens (including phenoxy) is 1. The molecule has 6 heteroatoms. The van der Waals surface area contributed by atoms with Crippen molar-refractivity contribution in [3.05, 3.63) is 59.2 Å². The van der Waals surface area contributed by atoms with Crippen LogP contribution in [0, 0.1) is 13.8 Å². The second-order valence-corrected chi connectivity index (χ2v) is 6.97. The average Bonchev–Trinajstić information content (AvgIpc) is 2.69. The minimum atomic E-state index is -0.310. The van der Waals surface area contributed by atoms with E-state index in [-0.39, 0.29) is 5.97 Å². The Morgan fingerprint density at radius 2 is 1.71 bits per heavy atom. The molecule has 0 heterocycles. The van der Waals surface area contributed by atoms with Gasteiger partial charge in [-0.05, 0) is 80.6 Å². The van der Waals surface area contributed by atoms with Crippen molar-refractivity contribution in [1.29, 1.82) is 0 Å². The lowest BCUT2D eigenvalue weighted by atomic mass is 10.1. The summed E-state index contributed by atoms with van der Waals surface area (Å²) < 4.78 is 5.35. The first kappa shape index (κ1) is 21.9. The van der Waals surface area contributed by atoms with E-state index in [4.69, 9.17) is 17.0 Å². The van der Waals surface area contributed by atoms with Gasteiger partial charge in [0.2, 0.25) is 0 Å². The molecule has 0 aliphatic rings. The van der Waals surface area contributed by atoms with Gasteiger partial charge in [0, 0.05) is 17.9 Å². The summed E-state index contributed by atoms with van der Waals surface area (Å²) in [5, 5.41) is 6.85. The second kappa shape index (κ2) is 10.8. The molecule has 0 aliphatic carbocycles. The first-order valence-electron chi connectivity index (χ1n) is 9.58. The minimum Gasteiger partial charge on any atom is -0.461 e. The number of hydrogen-bond acceptors (Lipinski definition) is 4. The highest BCUT2D eigenvalue weighted by atomic mass is 32.1. The van der Waals surface area contributed by atoms with Crippen LogP contribution in [0.4, 0.5) is 11.4 Å². The quantitative estimate of drug-likeness (QED) is 0.499. The molecule has 0 saturated carbocycles. The van der Waals surface area contributed by atoms with E-state index in [1.165, 1.54) is 5.56 Å². The van der Waals surface area contributed by atoms with Crippen LogP contribution in [0.1, 0.15) is 35.3 Å². The zero-order valence-corrected chi connectivity index (χ0v) is 17.9. The first-order valence-corrected chi connectivity index (χ1v) is 9.99. The van der Waals surface area contributed by atoms with Gasteiger partial charge in [-0.15, -0.1) is 0 Å². The molecular weight excluding hydrogens is 370 g/mol. The Hall–Kier alpha value is -2.44. The van der Waals surface area contributed by atoms with Crippen LogP contribution < -0.4 is 10.6 Å². The number of nitrogens with one attached hydrogen (secondary N) is 2. The third-order valence-corrected chi connectivity index (χ3v) is 4.97. The first-order chi connectivity index (χ1) is 13.4. The Morgan fingerprint density at radius 1 is 1.04 bits per heavy atom. The number of carbonyl (C=O) groups is 1. The maximum Gasteiger partial charge on any atom is 0.338 e. The van der Waals surface area contributed by atoms with Gasteiger partial charge in [-0.3, -0.25) is 0 Å². The highest BCUT2D eigenvalue weighted by molar-refractivity contribution is 7.80. The molecule has 0 aromatic heterocycles. The number of anilines is 2. The highest BCUT2D eigenvalue weighted by Gasteiger charge is 2.09. The topological polar surface area (TPSA) is 53.6 Å². The number of rotatable bonds is 8. The second-order valence-electron chi connectivity index (χ2n) is 6.57. The van der Waals surface area contributed by atoms with E-state index in [1.807, 2.05) is 24.3 Å². The van der Waals surface area contributed by atoms with Gasteiger partial charge >= 0.3 is 5.97 Å². The Kier molecular flexibility index (Phi) is 8.42. The predicted octanol–water partition coefficient (Wildman–Crippen LogP) is 4.61. The van der Waals surface area contributed by atoms with Gasteiger partial charge in [-0.1, -0.05) is 26.0 Å². The number of benzene rings is 2. The van der Waals surface area contributed by atoms with Gasteiger partial charge in [-0.2, -0.15) is 0 Å². The van der Waals surface area contributed by atoms with Crippen LogP contribution in [-0.2, 0) is 4.74 Å².